The lowest BCUT2D eigenvalue weighted by atomic mass is 10.00. The van der Waals surface area contributed by atoms with Crippen LogP contribution in [0.4, 0.5) is 4.79 Å². The van der Waals surface area contributed by atoms with Crippen molar-refractivity contribution in [1.29, 1.82) is 0 Å². The molecule has 1 amide bonds. The van der Waals surface area contributed by atoms with Gasteiger partial charge in [0.05, 0.1) is 10.5 Å². The van der Waals surface area contributed by atoms with Crippen molar-refractivity contribution in [2.24, 2.45) is 0 Å². The zero-order chi connectivity index (χ0) is 25.3. The molecule has 35 heavy (non-hydrogen) atoms. The number of rotatable bonds is 12. The maximum atomic E-state index is 12.5. The number of sulfonamides is 1. The molecular weight excluding hydrogens is 518 g/mol. The summed E-state index contributed by atoms with van der Waals surface area (Å²) in [5.41, 5.74) is 2.96. The summed E-state index contributed by atoms with van der Waals surface area (Å²) in [5.74, 6) is 1.38. The van der Waals surface area contributed by atoms with Crippen LogP contribution < -0.4 is 4.72 Å². The Balaban J connectivity index is 1.54. The highest BCUT2D eigenvalue weighted by molar-refractivity contribution is 8.76. The summed E-state index contributed by atoms with van der Waals surface area (Å²) in [5, 5.41) is 13.3. The van der Waals surface area contributed by atoms with Crippen molar-refractivity contribution >= 4 is 37.7 Å². The third-order valence-corrected chi connectivity index (χ3v) is 8.09. The molecule has 0 spiro atoms. The summed E-state index contributed by atoms with van der Waals surface area (Å²) in [6, 6.07) is 15.5. The topological polar surface area (TPSA) is 151 Å². The van der Waals surface area contributed by atoms with E-state index < -0.39 is 21.2 Å². The minimum absolute atomic E-state index is 0.0399. The van der Waals surface area contributed by atoms with E-state index in [9.17, 15) is 23.3 Å². The molecule has 0 atom stereocenters. The number of aryl methyl sites for hydroxylation is 1. The van der Waals surface area contributed by atoms with Gasteiger partial charge in [-0.3, -0.25) is 0 Å². The van der Waals surface area contributed by atoms with Crippen LogP contribution in [0.25, 0.3) is 22.4 Å². The zero-order valence-corrected chi connectivity index (χ0v) is 20.9. The first-order valence-electron chi connectivity index (χ1n) is 10.1. The number of nitrogens with zero attached hydrogens (tertiary/aromatic N) is 2. The van der Waals surface area contributed by atoms with Crippen LogP contribution in [0.15, 0.2) is 64.0 Å². The molecule has 0 fully saturated rings. The number of amides is 1. The summed E-state index contributed by atoms with van der Waals surface area (Å²) in [6.07, 6.45) is -1.10. The van der Waals surface area contributed by atoms with E-state index >= 15 is 0 Å². The van der Waals surface area contributed by atoms with E-state index in [4.69, 9.17) is 9.26 Å². The Labute approximate surface area is 209 Å². The second kappa shape index (κ2) is 12.5. The lowest BCUT2D eigenvalue weighted by Gasteiger charge is -2.09. The Bertz CT molecular complexity index is 1250. The van der Waals surface area contributed by atoms with Crippen LogP contribution in [0, 0.1) is 17.0 Å². The fraction of sp³-hybridized carbons (Fsp3) is 0.238. The van der Waals surface area contributed by atoms with Gasteiger partial charge in [-0.05, 0) is 24.6 Å². The molecule has 1 heterocycles. The SMILES string of the molecule is Cc1onc(-c2ccc(S(=O)(=O)NC(=O)OCCSSCCO[N+](=O)[O-])cc2)c1-c1ccccc1. The highest BCUT2D eigenvalue weighted by Crippen LogP contribution is 2.34. The summed E-state index contributed by atoms with van der Waals surface area (Å²) in [4.78, 5) is 26.0. The molecule has 0 radical (unpaired) electrons. The van der Waals surface area contributed by atoms with Gasteiger partial charge in [0.15, 0.2) is 0 Å². The molecule has 0 aliphatic heterocycles. The molecular formula is C21H21N3O8S3. The highest BCUT2D eigenvalue weighted by atomic mass is 33.1. The summed E-state index contributed by atoms with van der Waals surface area (Å²) < 4.78 is 37.1. The Kier molecular flexibility index (Phi) is 9.39. The van der Waals surface area contributed by atoms with Crippen molar-refractivity contribution in [2.45, 2.75) is 11.8 Å². The minimum Gasteiger partial charge on any atom is -0.448 e. The molecule has 0 aliphatic carbocycles. The number of nitrogens with one attached hydrogen (secondary N) is 1. The Morgan fingerprint density at radius 1 is 1.06 bits per heavy atom. The minimum atomic E-state index is -4.14. The summed E-state index contributed by atoms with van der Waals surface area (Å²) in [7, 11) is -1.53. The lowest BCUT2D eigenvalue weighted by Crippen LogP contribution is -2.31. The predicted molar refractivity (Wildman–Crippen MR) is 132 cm³/mol. The van der Waals surface area contributed by atoms with Gasteiger partial charge in [0.1, 0.15) is 24.7 Å². The Morgan fingerprint density at radius 3 is 2.37 bits per heavy atom. The van der Waals surface area contributed by atoms with Gasteiger partial charge in [-0.25, -0.2) is 17.9 Å². The number of carbonyl (C=O) groups excluding carboxylic acids is 1. The van der Waals surface area contributed by atoms with Gasteiger partial charge in [-0.1, -0.05) is 69.2 Å². The van der Waals surface area contributed by atoms with Gasteiger partial charge < -0.3 is 14.1 Å². The van der Waals surface area contributed by atoms with Crippen LogP contribution in [-0.4, -0.2) is 49.5 Å². The monoisotopic (exact) mass is 539 g/mol. The van der Waals surface area contributed by atoms with E-state index in [-0.39, 0.29) is 18.1 Å². The van der Waals surface area contributed by atoms with E-state index in [2.05, 4.69) is 9.99 Å². The number of hydrogen-bond acceptors (Lipinski definition) is 11. The maximum absolute atomic E-state index is 12.5. The number of hydrogen-bond donors (Lipinski definition) is 1. The van der Waals surface area contributed by atoms with E-state index in [1.54, 1.807) is 19.1 Å². The molecule has 0 saturated heterocycles. The van der Waals surface area contributed by atoms with Crippen LogP contribution in [0.1, 0.15) is 5.76 Å². The summed E-state index contributed by atoms with van der Waals surface area (Å²) >= 11 is 0. The first-order chi connectivity index (χ1) is 16.8. The van der Waals surface area contributed by atoms with Gasteiger partial charge in [0.25, 0.3) is 15.1 Å². The molecule has 2 aromatic carbocycles. The van der Waals surface area contributed by atoms with E-state index in [0.29, 0.717) is 28.5 Å². The lowest BCUT2D eigenvalue weighted by molar-refractivity contribution is -0.756. The second-order valence-corrected chi connectivity index (χ2v) is 11.2. The van der Waals surface area contributed by atoms with Crippen molar-refractivity contribution in [3.8, 4) is 22.4 Å². The molecule has 0 unspecified atom stereocenters. The van der Waals surface area contributed by atoms with Gasteiger partial charge >= 0.3 is 6.09 Å². The van der Waals surface area contributed by atoms with Crippen molar-refractivity contribution in [3.05, 3.63) is 70.5 Å². The van der Waals surface area contributed by atoms with Crippen LogP contribution >= 0.6 is 21.6 Å². The molecule has 1 aromatic heterocycles. The summed E-state index contributed by atoms with van der Waals surface area (Å²) in [6.45, 7) is 1.71. The molecule has 3 rings (SSSR count). The molecule has 0 saturated carbocycles. The molecule has 3 aromatic rings. The van der Waals surface area contributed by atoms with Gasteiger partial charge in [-0.15, -0.1) is 10.1 Å². The van der Waals surface area contributed by atoms with Crippen LogP contribution in [0.2, 0.25) is 0 Å². The number of ether oxygens (including phenoxy) is 1. The van der Waals surface area contributed by atoms with E-state index in [1.165, 1.54) is 33.7 Å². The Hall–Kier alpha value is -3.23. The molecule has 14 heteroatoms. The number of carbonyl (C=O) groups is 1. The average Bonchev–Trinajstić information content (AvgIpc) is 3.22. The third kappa shape index (κ3) is 7.63. The zero-order valence-electron chi connectivity index (χ0n) is 18.4. The van der Waals surface area contributed by atoms with Gasteiger partial charge in [0.2, 0.25) is 0 Å². The number of benzene rings is 2. The third-order valence-electron chi connectivity index (χ3n) is 4.43. The smallest absolute Gasteiger partial charge is 0.421 e. The molecule has 0 aliphatic rings. The van der Waals surface area contributed by atoms with Crippen molar-refractivity contribution < 1.29 is 32.4 Å². The van der Waals surface area contributed by atoms with Gasteiger partial charge in [-0.2, -0.15) is 0 Å². The highest BCUT2D eigenvalue weighted by Gasteiger charge is 2.20. The first kappa shape index (κ1) is 26.4. The van der Waals surface area contributed by atoms with Crippen LogP contribution in [0.5, 0.6) is 0 Å². The number of aromatic nitrogens is 1. The maximum Gasteiger partial charge on any atom is 0.421 e. The van der Waals surface area contributed by atoms with Crippen molar-refractivity contribution in [3.63, 3.8) is 0 Å². The second-order valence-electron chi connectivity index (χ2n) is 6.79. The van der Waals surface area contributed by atoms with E-state index in [0.717, 1.165) is 11.1 Å². The predicted octanol–water partition coefficient (Wildman–Crippen LogP) is 4.32. The normalized spacial score (nSPS) is 11.1. The van der Waals surface area contributed by atoms with Crippen molar-refractivity contribution in [2.75, 3.05) is 24.7 Å². The Morgan fingerprint density at radius 2 is 1.71 bits per heavy atom. The molecule has 11 nitrogen and oxygen atoms in total. The van der Waals surface area contributed by atoms with Crippen molar-refractivity contribution in [1.82, 2.24) is 9.88 Å². The van der Waals surface area contributed by atoms with Crippen LogP contribution in [0.3, 0.4) is 0 Å². The fourth-order valence-electron chi connectivity index (χ4n) is 2.94. The molecule has 1 N–H and O–H groups in total. The largest absolute Gasteiger partial charge is 0.448 e. The average molecular weight is 540 g/mol. The quantitative estimate of drug-likeness (QED) is 0.152. The van der Waals surface area contributed by atoms with Crippen LogP contribution in [-0.2, 0) is 19.6 Å². The van der Waals surface area contributed by atoms with E-state index in [1.807, 2.05) is 35.1 Å². The molecule has 0 bridgehead atoms. The molecule has 186 valence electrons. The van der Waals surface area contributed by atoms with Gasteiger partial charge in [0, 0.05) is 17.1 Å². The fourth-order valence-corrected chi connectivity index (χ4v) is 5.47. The standard InChI is InChI=1S/C21H21N3O8S3/c1-15-19(16-5-3-2-4-6-16)20(22-32-15)17-7-9-18(10-8-17)35(28,29)23-21(25)30-11-13-33-34-14-12-31-24(26)27/h2-10H,11-14H2,1H3,(H,23,25). The first-order valence-corrected chi connectivity index (χ1v) is 14.1.